The predicted octanol–water partition coefficient (Wildman–Crippen LogP) is 5.49. The molecule has 2 aliphatic rings. The number of aliphatic hydroxyl groups is 1. The fraction of sp³-hybridized carbons (Fsp3) is 0.630. The second-order valence-corrected chi connectivity index (χ2v) is 11.3. The van der Waals surface area contributed by atoms with Crippen molar-refractivity contribution in [2.24, 2.45) is 5.92 Å². The molecule has 0 aromatic carbocycles. The molecule has 5 rings (SSSR count). The molecule has 0 amide bonds. The number of aryl methyl sites for hydroxylation is 2. The fourth-order valence-electron chi connectivity index (χ4n) is 5.73. The number of fused-ring (bicyclic) bond motifs is 1. The number of hydrogen-bond acceptors (Lipinski definition) is 9. The molecule has 36 heavy (non-hydrogen) atoms. The van der Waals surface area contributed by atoms with Crippen molar-refractivity contribution >= 4 is 33.3 Å². The molecule has 0 unspecified atom stereocenters. The van der Waals surface area contributed by atoms with E-state index in [-0.39, 0.29) is 6.04 Å². The van der Waals surface area contributed by atoms with Gasteiger partial charge in [-0.1, -0.05) is 13.8 Å². The largest absolute Gasteiger partial charge is 0.390 e. The van der Waals surface area contributed by atoms with Gasteiger partial charge in [-0.15, -0.1) is 11.3 Å². The van der Waals surface area contributed by atoms with Crippen LogP contribution in [0.5, 0.6) is 0 Å². The van der Waals surface area contributed by atoms with Crippen molar-refractivity contribution in [1.82, 2.24) is 19.9 Å². The van der Waals surface area contributed by atoms with Crippen LogP contribution in [0.25, 0.3) is 20.8 Å². The van der Waals surface area contributed by atoms with Crippen molar-refractivity contribution < 1.29 is 9.84 Å². The number of anilines is 2. The first-order chi connectivity index (χ1) is 17.4. The Balaban J connectivity index is 1.48. The zero-order chi connectivity index (χ0) is 25.3. The minimum atomic E-state index is -0.589. The summed E-state index contributed by atoms with van der Waals surface area (Å²) in [7, 11) is 0. The average molecular weight is 511 g/mol. The summed E-state index contributed by atoms with van der Waals surface area (Å²) in [5.74, 6) is 1.77. The van der Waals surface area contributed by atoms with Crippen molar-refractivity contribution in [1.29, 1.82) is 0 Å². The van der Waals surface area contributed by atoms with Gasteiger partial charge in [0.15, 0.2) is 0 Å². The van der Waals surface area contributed by atoms with E-state index >= 15 is 0 Å². The maximum atomic E-state index is 11.1. The third-order valence-corrected chi connectivity index (χ3v) is 9.14. The molecule has 1 saturated carbocycles. The van der Waals surface area contributed by atoms with Gasteiger partial charge < -0.3 is 20.5 Å². The van der Waals surface area contributed by atoms with Crippen LogP contribution in [0.2, 0.25) is 0 Å². The number of thiazole rings is 1. The molecule has 3 aromatic rings. The van der Waals surface area contributed by atoms with Crippen LogP contribution in [0, 0.1) is 19.8 Å². The lowest BCUT2D eigenvalue weighted by Crippen LogP contribution is -2.36. The van der Waals surface area contributed by atoms with Crippen LogP contribution in [-0.4, -0.2) is 55.9 Å². The Morgan fingerprint density at radius 1 is 1.00 bits per heavy atom. The molecule has 1 aliphatic heterocycles. The van der Waals surface area contributed by atoms with Crippen LogP contribution in [0.4, 0.5) is 11.8 Å². The lowest BCUT2D eigenvalue weighted by atomic mass is 9.81. The molecule has 0 radical (unpaired) electrons. The van der Waals surface area contributed by atoms with Crippen LogP contribution in [0.15, 0.2) is 12.3 Å². The quantitative estimate of drug-likeness (QED) is 0.365. The highest BCUT2D eigenvalue weighted by molar-refractivity contribution is 7.21. The highest BCUT2D eigenvalue weighted by Gasteiger charge is 2.39. The van der Waals surface area contributed by atoms with Gasteiger partial charge in [0.25, 0.3) is 0 Å². The summed E-state index contributed by atoms with van der Waals surface area (Å²) in [6.07, 6.45) is 8.29. The maximum Gasteiger partial charge on any atom is 0.225 e. The minimum Gasteiger partial charge on any atom is -0.390 e. The molecule has 2 atom stereocenters. The molecule has 194 valence electrons. The van der Waals surface area contributed by atoms with Gasteiger partial charge in [0.2, 0.25) is 5.95 Å². The highest BCUT2D eigenvalue weighted by Crippen LogP contribution is 2.41. The van der Waals surface area contributed by atoms with E-state index in [4.69, 9.17) is 19.7 Å². The standard InChI is InChI=1S/C27H38N6O2S/c1-5-27(34,6-2)18-7-8-20(15-18)30-24-22(25-32-23-17(4)28-12-9-21(23)36-25)16(3)29-26(33-24)31-19-10-13-35-14-11-19/h9,12,18-20,34H,5-8,10-11,13-15H2,1-4H3,(H2,29,30,31,33)/t18-,20+/m1/s1. The third kappa shape index (κ3) is 5.06. The molecular formula is C27H38N6O2S. The molecule has 2 fully saturated rings. The van der Waals surface area contributed by atoms with E-state index in [2.05, 4.69) is 29.5 Å². The molecule has 8 nitrogen and oxygen atoms in total. The van der Waals surface area contributed by atoms with E-state index in [1.165, 1.54) is 0 Å². The lowest BCUT2D eigenvalue weighted by molar-refractivity contribution is -0.0236. The van der Waals surface area contributed by atoms with Crippen molar-refractivity contribution in [2.45, 2.75) is 90.3 Å². The Morgan fingerprint density at radius 3 is 2.50 bits per heavy atom. The number of pyridine rings is 1. The van der Waals surface area contributed by atoms with Gasteiger partial charge in [-0.25, -0.2) is 9.97 Å². The van der Waals surface area contributed by atoms with Crippen molar-refractivity contribution in [3.05, 3.63) is 23.7 Å². The second kappa shape index (κ2) is 10.6. The van der Waals surface area contributed by atoms with E-state index in [0.29, 0.717) is 17.9 Å². The lowest BCUT2D eigenvalue weighted by Gasteiger charge is -2.32. The van der Waals surface area contributed by atoms with Crippen LogP contribution in [0.3, 0.4) is 0 Å². The summed E-state index contributed by atoms with van der Waals surface area (Å²) in [4.78, 5) is 19.2. The third-order valence-electron chi connectivity index (χ3n) is 8.11. The van der Waals surface area contributed by atoms with Crippen molar-refractivity contribution in [3.8, 4) is 10.6 Å². The molecule has 1 saturated heterocycles. The zero-order valence-electron chi connectivity index (χ0n) is 21.8. The topological polar surface area (TPSA) is 105 Å². The average Bonchev–Trinajstić information content (AvgIpc) is 3.52. The fourth-order valence-corrected chi connectivity index (χ4v) is 6.84. The molecule has 3 N–H and O–H groups in total. The first kappa shape index (κ1) is 25.3. The number of ether oxygens (including phenoxy) is 1. The van der Waals surface area contributed by atoms with Crippen LogP contribution < -0.4 is 10.6 Å². The molecule has 9 heteroatoms. The molecule has 0 spiro atoms. The number of nitrogens with one attached hydrogen (secondary N) is 2. The summed E-state index contributed by atoms with van der Waals surface area (Å²) in [5, 5.41) is 19.3. The van der Waals surface area contributed by atoms with E-state index in [9.17, 15) is 5.11 Å². The Labute approximate surface area is 217 Å². The molecular weight excluding hydrogens is 472 g/mol. The summed E-state index contributed by atoms with van der Waals surface area (Å²) in [6.45, 7) is 9.75. The maximum absolute atomic E-state index is 11.1. The van der Waals surface area contributed by atoms with Gasteiger partial charge in [-0.3, -0.25) is 4.98 Å². The van der Waals surface area contributed by atoms with Crippen LogP contribution in [-0.2, 0) is 4.74 Å². The first-order valence-corrected chi connectivity index (χ1v) is 14.2. The zero-order valence-corrected chi connectivity index (χ0v) is 22.6. The summed E-state index contributed by atoms with van der Waals surface area (Å²) >= 11 is 1.66. The number of aromatic nitrogens is 4. The SMILES string of the molecule is CCC(O)(CC)[C@@H]1CC[C@H](Nc2nc(NC3CCOCC3)nc(C)c2-c2nc3c(C)nccc3s2)C1. The molecule has 1 aliphatic carbocycles. The van der Waals surface area contributed by atoms with E-state index in [1.54, 1.807) is 11.3 Å². The van der Waals surface area contributed by atoms with Crippen molar-refractivity contribution in [3.63, 3.8) is 0 Å². The second-order valence-electron chi connectivity index (χ2n) is 10.3. The molecule has 4 heterocycles. The Morgan fingerprint density at radius 2 is 1.78 bits per heavy atom. The van der Waals surface area contributed by atoms with E-state index < -0.39 is 5.60 Å². The van der Waals surface area contributed by atoms with E-state index in [0.717, 1.165) is 96.2 Å². The van der Waals surface area contributed by atoms with Gasteiger partial charge >= 0.3 is 0 Å². The van der Waals surface area contributed by atoms with Gasteiger partial charge in [0, 0.05) is 31.5 Å². The summed E-state index contributed by atoms with van der Waals surface area (Å²) in [6, 6.07) is 2.58. The number of rotatable bonds is 8. The summed E-state index contributed by atoms with van der Waals surface area (Å²) < 4.78 is 6.63. The monoisotopic (exact) mass is 510 g/mol. The Bertz CT molecular complexity index is 1200. The number of nitrogens with zero attached hydrogens (tertiary/aromatic N) is 4. The van der Waals surface area contributed by atoms with Gasteiger partial charge in [0.05, 0.1) is 27.3 Å². The van der Waals surface area contributed by atoms with Gasteiger partial charge in [0.1, 0.15) is 16.3 Å². The minimum absolute atomic E-state index is 0.251. The van der Waals surface area contributed by atoms with Crippen LogP contribution in [0.1, 0.15) is 70.2 Å². The van der Waals surface area contributed by atoms with E-state index in [1.807, 2.05) is 26.1 Å². The number of hydrogen-bond donors (Lipinski definition) is 3. The van der Waals surface area contributed by atoms with Gasteiger partial charge in [-0.05, 0) is 70.8 Å². The normalized spacial score (nSPS) is 21.2. The summed E-state index contributed by atoms with van der Waals surface area (Å²) in [5.41, 5.74) is 3.13. The smallest absolute Gasteiger partial charge is 0.225 e. The van der Waals surface area contributed by atoms with Crippen LogP contribution >= 0.6 is 11.3 Å². The first-order valence-electron chi connectivity index (χ1n) is 13.3. The van der Waals surface area contributed by atoms with Gasteiger partial charge in [-0.2, -0.15) is 4.98 Å². The Kier molecular flexibility index (Phi) is 7.42. The predicted molar refractivity (Wildman–Crippen MR) is 146 cm³/mol. The molecule has 0 bridgehead atoms. The highest BCUT2D eigenvalue weighted by atomic mass is 32.1. The van der Waals surface area contributed by atoms with Crippen molar-refractivity contribution in [2.75, 3.05) is 23.8 Å². The Hall–Kier alpha value is -2.36. The molecule has 3 aromatic heterocycles.